The lowest BCUT2D eigenvalue weighted by Crippen LogP contribution is -2.36. The summed E-state index contributed by atoms with van der Waals surface area (Å²) in [5.74, 6) is 0. The van der Waals surface area contributed by atoms with Gasteiger partial charge in [0.15, 0.2) is 5.11 Å². The Morgan fingerprint density at radius 3 is 2.63 bits per heavy atom. The Bertz CT molecular complexity index is 477. The summed E-state index contributed by atoms with van der Waals surface area (Å²) >= 11 is 5.42. The highest BCUT2D eigenvalue weighted by atomic mass is 32.1. The number of anilines is 1. The van der Waals surface area contributed by atoms with Crippen molar-refractivity contribution in [1.29, 1.82) is 5.26 Å². The minimum atomic E-state index is 0.495. The van der Waals surface area contributed by atoms with Crippen LogP contribution in [0.4, 0.5) is 5.69 Å². The average molecular weight is 275 g/mol. The monoisotopic (exact) mass is 275 g/mol. The summed E-state index contributed by atoms with van der Waals surface area (Å²) < 4.78 is 0. The molecule has 0 amide bonds. The maximum absolute atomic E-state index is 8.68. The maximum atomic E-state index is 8.68. The Morgan fingerprint density at radius 2 is 2.05 bits per heavy atom. The fourth-order valence-electron chi connectivity index (χ4n) is 1.79. The first kappa shape index (κ1) is 15.5. The van der Waals surface area contributed by atoms with Gasteiger partial charge in [-0.2, -0.15) is 5.26 Å². The van der Waals surface area contributed by atoms with Gasteiger partial charge in [0.25, 0.3) is 0 Å². The summed E-state index contributed by atoms with van der Waals surface area (Å²) in [4.78, 5) is 2.05. The summed E-state index contributed by atoms with van der Waals surface area (Å²) in [6, 6.07) is 8.37. The van der Waals surface area contributed by atoms with Crippen LogP contribution in [0.2, 0.25) is 0 Å². The van der Waals surface area contributed by atoms with Gasteiger partial charge in [-0.3, -0.25) is 0 Å². The first-order chi connectivity index (χ1) is 9.08. The van der Waals surface area contributed by atoms with Gasteiger partial charge in [0.05, 0.1) is 12.5 Å². The molecular formula is C15H21N3S. The molecule has 0 radical (unpaired) electrons. The molecule has 1 aromatic carbocycles. The highest BCUT2D eigenvalue weighted by Gasteiger charge is 2.08. The summed E-state index contributed by atoms with van der Waals surface area (Å²) in [6.45, 7) is 7.84. The third-order valence-electron chi connectivity index (χ3n) is 3.03. The van der Waals surface area contributed by atoms with Crippen molar-refractivity contribution in [2.45, 2.75) is 33.6 Å². The van der Waals surface area contributed by atoms with E-state index in [1.807, 2.05) is 11.0 Å². The number of aryl methyl sites for hydroxylation is 2. The van der Waals surface area contributed by atoms with Crippen molar-refractivity contribution in [1.82, 2.24) is 4.90 Å². The Balaban J connectivity index is 2.69. The second-order valence-electron chi connectivity index (χ2n) is 4.62. The molecule has 3 nitrogen and oxygen atoms in total. The topological polar surface area (TPSA) is 39.1 Å². The largest absolute Gasteiger partial charge is 0.348 e. The molecule has 0 aliphatic heterocycles. The molecule has 0 fully saturated rings. The maximum Gasteiger partial charge on any atom is 0.173 e. The molecule has 0 aliphatic rings. The van der Waals surface area contributed by atoms with Crippen molar-refractivity contribution >= 4 is 23.0 Å². The van der Waals surface area contributed by atoms with E-state index in [-0.39, 0.29) is 0 Å². The third kappa shape index (κ3) is 4.88. The normalized spacial score (nSPS) is 9.79. The van der Waals surface area contributed by atoms with Crippen LogP contribution in [0.25, 0.3) is 0 Å². The van der Waals surface area contributed by atoms with Crippen molar-refractivity contribution in [3.8, 4) is 6.07 Å². The quantitative estimate of drug-likeness (QED) is 0.833. The van der Waals surface area contributed by atoms with Crippen LogP contribution < -0.4 is 5.32 Å². The molecule has 0 atom stereocenters. The SMILES string of the molecule is CCCN(CCC#N)C(=S)Nc1ccc(C)c(C)c1. The molecule has 0 saturated carbocycles. The summed E-state index contributed by atoms with van der Waals surface area (Å²) in [5.41, 5.74) is 3.52. The Labute approximate surface area is 121 Å². The molecule has 19 heavy (non-hydrogen) atoms. The molecule has 0 heterocycles. The zero-order valence-corrected chi connectivity index (χ0v) is 12.7. The van der Waals surface area contributed by atoms with E-state index in [0.717, 1.165) is 18.7 Å². The molecule has 0 aliphatic carbocycles. The number of hydrogen-bond donors (Lipinski definition) is 1. The Morgan fingerprint density at radius 1 is 1.32 bits per heavy atom. The first-order valence-electron chi connectivity index (χ1n) is 6.58. The van der Waals surface area contributed by atoms with E-state index in [1.54, 1.807) is 0 Å². The zero-order chi connectivity index (χ0) is 14.3. The minimum Gasteiger partial charge on any atom is -0.348 e. The third-order valence-corrected chi connectivity index (χ3v) is 3.39. The van der Waals surface area contributed by atoms with Gasteiger partial charge in [0, 0.05) is 18.8 Å². The fraction of sp³-hybridized carbons (Fsp3) is 0.467. The Hall–Kier alpha value is -1.60. The number of nitrogens with one attached hydrogen (secondary N) is 1. The van der Waals surface area contributed by atoms with E-state index < -0.39 is 0 Å². The van der Waals surface area contributed by atoms with E-state index in [2.05, 4.69) is 44.3 Å². The molecule has 102 valence electrons. The second-order valence-corrected chi connectivity index (χ2v) is 5.01. The van der Waals surface area contributed by atoms with E-state index in [4.69, 9.17) is 17.5 Å². The molecule has 0 bridgehead atoms. The van der Waals surface area contributed by atoms with E-state index in [9.17, 15) is 0 Å². The number of nitrogens with zero attached hydrogens (tertiary/aromatic N) is 2. The van der Waals surface area contributed by atoms with Crippen molar-refractivity contribution in [3.05, 3.63) is 29.3 Å². The number of hydrogen-bond acceptors (Lipinski definition) is 2. The smallest absolute Gasteiger partial charge is 0.173 e. The fourth-order valence-corrected chi connectivity index (χ4v) is 2.09. The minimum absolute atomic E-state index is 0.495. The average Bonchev–Trinajstić information content (AvgIpc) is 2.38. The van der Waals surface area contributed by atoms with E-state index >= 15 is 0 Å². The first-order valence-corrected chi connectivity index (χ1v) is 6.99. The van der Waals surface area contributed by atoms with Crippen LogP contribution in [0.3, 0.4) is 0 Å². The van der Waals surface area contributed by atoms with Crippen LogP contribution in [0.15, 0.2) is 18.2 Å². The summed E-state index contributed by atoms with van der Waals surface area (Å²) in [5, 5.41) is 12.6. The predicted octanol–water partition coefficient (Wildman–Crippen LogP) is 3.63. The molecule has 1 rings (SSSR count). The van der Waals surface area contributed by atoms with Gasteiger partial charge in [-0.1, -0.05) is 13.0 Å². The van der Waals surface area contributed by atoms with Crippen LogP contribution in [-0.2, 0) is 0 Å². The van der Waals surface area contributed by atoms with Crippen molar-refractivity contribution in [2.75, 3.05) is 18.4 Å². The highest BCUT2D eigenvalue weighted by Crippen LogP contribution is 2.15. The molecule has 4 heteroatoms. The number of nitriles is 1. The summed E-state index contributed by atoms with van der Waals surface area (Å²) in [6.07, 6.45) is 1.51. The van der Waals surface area contributed by atoms with E-state index in [1.165, 1.54) is 11.1 Å². The lowest BCUT2D eigenvalue weighted by atomic mass is 10.1. The van der Waals surface area contributed by atoms with Gasteiger partial charge in [0.1, 0.15) is 0 Å². The molecule has 0 aromatic heterocycles. The number of rotatable bonds is 5. The highest BCUT2D eigenvalue weighted by molar-refractivity contribution is 7.80. The van der Waals surface area contributed by atoms with Crippen LogP contribution in [0.5, 0.6) is 0 Å². The molecular weight excluding hydrogens is 254 g/mol. The second kappa shape index (κ2) is 7.75. The van der Waals surface area contributed by atoms with Gasteiger partial charge in [-0.15, -0.1) is 0 Å². The zero-order valence-electron chi connectivity index (χ0n) is 11.9. The summed E-state index contributed by atoms with van der Waals surface area (Å²) in [7, 11) is 0. The van der Waals surface area contributed by atoms with Crippen LogP contribution in [0, 0.1) is 25.2 Å². The number of thiocarbonyl (C=S) groups is 1. The van der Waals surface area contributed by atoms with Gasteiger partial charge in [-0.05, 0) is 55.7 Å². The van der Waals surface area contributed by atoms with Crippen LogP contribution in [0.1, 0.15) is 30.9 Å². The Kier molecular flexibility index (Phi) is 6.31. The molecule has 0 spiro atoms. The standard InChI is InChI=1S/C15H21N3S/c1-4-9-18(10-5-8-16)15(19)17-14-7-6-12(2)13(3)11-14/h6-7,11H,4-5,9-10H2,1-3H3,(H,17,19). The van der Waals surface area contributed by atoms with Gasteiger partial charge < -0.3 is 10.2 Å². The van der Waals surface area contributed by atoms with Gasteiger partial charge in [0.2, 0.25) is 0 Å². The van der Waals surface area contributed by atoms with Gasteiger partial charge >= 0.3 is 0 Å². The van der Waals surface area contributed by atoms with Crippen LogP contribution in [-0.4, -0.2) is 23.1 Å². The number of benzene rings is 1. The van der Waals surface area contributed by atoms with E-state index in [0.29, 0.717) is 18.1 Å². The molecule has 1 N–H and O–H groups in total. The van der Waals surface area contributed by atoms with Crippen LogP contribution >= 0.6 is 12.2 Å². The lowest BCUT2D eigenvalue weighted by molar-refractivity contribution is 0.432. The van der Waals surface area contributed by atoms with Crippen molar-refractivity contribution < 1.29 is 0 Å². The lowest BCUT2D eigenvalue weighted by Gasteiger charge is -2.24. The molecule has 1 aromatic rings. The van der Waals surface area contributed by atoms with Crippen molar-refractivity contribution in [3.63, 3.8) is 0 Å². The van der Waals surface area contributed by atoms with Crippen molar-refractivity contribution in [2.24, 2.45) is 0 Å². The molecule has 0 saturated heterocycles. The molecule has 0 unspecified atom stereocenters. The van der Waals surface area contributed by atoms with Gasteiger partial charge in [-0.25, -0.2) is 0 Å². The predicted molar refractivity (Wildman–Crippen MR) is 84.2 cm³/mol.